The standard InChI is InChI=1S/C25H44/c1-17-9-14-24(7)21(4,15-17)12-11-20-22(5)13-10-18(2)23(22,6)16-19(3)25(20,24)8/h17-20H,9-16H2,1-8H3. The summed E-state index contributed by atoms with van der Waals surface area (Å²) in [6.07, 6.45) is 11.8. The molecular formula is C25H44. The lowest BCUT2D eigenvalue weighted by Gasteiger charge is -2.75. The van der Waals surface area contributed by atoms with Crippen LogP contribution in [0, 0.1) is 50.7 Å². The topological polar surface area (TPSA) is 0 Å². The van der Waals surface area contributed by atoms with Gasteiger partial charge in [0.1, 0.15) is 0 Å². The van der Waals surface area contributed by atoms with E-state index in [0.717, 1.165) is 23.7 Å². The first kappa shape index (κ1) is 18.4. The van der Waals surface area contributed by atoms with Gasteiger partial charge in [0.25, 0.3) is 0 Å². The smallest absolute Gasteiger partial charge is 0.0207 e. The van der Waals surface area contributed by atoms with Crippen LogP contribution in [0.25, 0.3) is 0 Å². The second-order valence-electron chi connectivity index (χ2n) is 12.5. The zero-order valence-electron chi connectivity index (χ0n) is 18.5. The molecule has 4 rings (SSSR count). The molecule has 0 N–H and O–H groups in total. The molecule has 0 aromatic rings. The fraction of sp³-hybridized carbons (Fsp3) is 1.00. The van der Waals surface area contributed by atoms with E-state index in [9.17, 15) is 0 Å². The Hall–Kier alpha value is 0. The molecule has 0 amide bonds. The third-order valence-corrected chi connectivity index (χ3v) is 12.2. The highest BCUT2D eigenvalue weighted by molar-refractivity contribution is 5.21. The molecule has 0 saturated heterocycles. The van der Waals surface area contributed by atoms with Gasteiger partial charge in [0.2, 0.25) is 0 Å². The van der Waals surface area contributed by atoms with Gasteiger partial charge in [-0.2, -0.15) is 0 Å². The molecule has 4 aliphatic carbocycles. The Bertz CT molecular complexity index is 564. The van der Waals surface area contributed by atoms with Crippen LogP contribution in [0.4, 0.5) is 0 Å². The molecular weight excluding hydrogens is 300 g/mol. The highest BCUT2D eigenvalue weighted by atomic mass is 14.8. The third kappa shape index (κ3) is 1.86. The van der Waals surface area contributed by atoms with Crippen molar-refractivity contribution < 1.29 is 0 Å². The summed E-state index contributed by atoms with van der Waals surface area (Å²) in [5.41, 5.74) is 2.77. The first-order chi connectivity index (χ1) is 11.4. The molecule has 0 spiro atoms. The van der Waals surface area contributed by atoms with Crippen molar-refractivity contribution in [3.63, 3.8) is 0 Å². The first-order valence-electron chi connectivity index (χ1n) is 11.4. The third-order valence-electron chi connectivity index (χ3n) is 12.2. The zero-order chi connectivity index (χ0) is 18.5. The fourth-order valence-corrected chi connectivity index (χ4v) is 9.78. The molecule has 144 valence electrons. The highest BCUT2D eigenvalue weighted by Gasteiger charge is 2.72. The number of hydrogen-bond donors (Lipinski definition) is 0. The molecule has 0 nitrogen and oxygen atoms in total. The molecule has 9 unspecified atom stereocenters. The summed E-state index contributed by atoms with van der Waals surface area (Å²) >= 11 is 0. The fourth-order valence-electron chi connectivity index (χ4n) is 9.78. The Morgan fingerprint density at radius 3 is 2.00 bits per heavy atom. The van der Waals surface area contributed by atoms with Crippen LogP contribution in [0.2, 0.25) is 0 Å². The van der Waals surface area contributed by atoms with Crippen molar-refractivity contribution >= 4 is 0 Å². The molecule has 25 heavy (non-hydrogen) atoms. The van der Waals surface area contributed by atoms with E-state index in [4.69, 9.17) is 0 Å². The lowest BCUT2D eigenvalue weighted by Crippen LogP contribution is -2.68. The molecule has 4 saturated carbocycles. The van der Waals surface area contributed by atoms with Gasteiger partial charge in [-0.25, -0.2) is 0 Å². The van der Waals surface area contributed by atoms with Gasteiger partial charge in [0, 0.05) is 0 Å². The van der Waals surface area contributed by atoms with E-state index in [-0.39, 0.29) is 0 Å². The Morgan fingerprint density at radius 2 is 1.32 bits per heavy atom. The maximum absolute atomic E-state index is 2.77. The summed E-state index contributed by atoms with van der Waals surface area (Å²) in [4.78, 5) is 0. The Morgan fingerprint density at radius 1 is 0.640 bits per heavy atom. The predicted molar refractivity (Wildman–Crippen MR) is 108 cm³/mol. The second kappa shape index (κ2) is 5.08. The van der Waals surface area contributed by atoms with Crippen molar-refractivity contribution in [3.05, 3.63) is 0 Å². The van der Waals surface area contributed by atoms with Crippen molar-refractivity contribution in [3.8, 4) is 0 Å². The maximum atomic E-state index is 2.77. The van der Waals surface area contributed by atoms with Gasteiger partial charge in [-0.1, -0.05) is 61.8 Å². The second-order valence-corrected chi connectivity index (χ2v) is 12.5. The van der Waals surface area contributed by atoms with Crippen molar-refractivity contribution in [2.45, 2.75) is 107 Å². The summed E-state index contributed by atoms with van der Waals surface area (Å²) in [7, 11) is 0. The van der Waals surface area contributed by atoms with E-state index in [1.54, 1.807) is 0 Å². The van der Waals surface area contributed by atoms with Gasteiger partial charge in [0.05, 0.1) is 0 Å². The molecule has 4 fully saturated rings. The van der Waals surface area contributed by atoms with E-state index in [0.29, 0.717) is 27.1 Å². The van der Waals surface area contributed by atoms with Crippen LogP contribution in [0.5, 0.6) is 0 Å². The number of fused-ring (bicyclic) bond motifs is 5. The zero-order valence-corrected chi connectivity index (χ0v) is 18.5. The molecule has 0 bridgehead atoms. The first-order valence-corrected chi connectivity index (χ1v) is 11.4. The van der Waals surface area contributed by atoms with Crippen molar-refractivity contribution in [2.24, 2.45) is 50.7 Å². The van der Waals surface area contributed by atoms with Crippen molar-refractivity contribution in [1.82, 2.24) is 0 Å². The largest absolute Gasteiger partial charge is 0.0625 e. The molecule has 0 aromatic heterocycles. The average Bonchev–Trinajstić information content (AvgIpc) is 2.75. The Balaban J connectivity index is 1.84. The van der Waals surface area contributed by atoms with Gasteiger partial charge in [-0.15, -0.1) is 0 Å². The molecule has 0 radical (unpaired) electrons. The quantitative estimate of drug-likeness (QED) is 0.422. The minimum Gasteiger partial charge on any atom is -0.0625 e. The van der Waals surface area contributed by atoms with Crippen molar-refractivity contribution in [1.29, 1.82) is 0 Å². The average molecular weight is 345 g/mol. The van der Waals surface area contributed by atoms with Gasteiger partial charge in [0.15, 0.2) is 0 Å². The molecule has 0 heterocycles. The Kier molecular flexibility index (Phi) is 3.73. The lowest BCUT2D eigenvalue weighted by atomic mass is 9.30. The number of rotatable bonds is 0. The monoisotopic (exact) mass is 344 g/mol. The molecule has 9 atom stereocenters. The Labute approximate surface area is 157 Å². The normalized spacial score (nSPS) is 64.3. The lowest BCUT2D eigenvalue weighted by molar-refractivity contribution is -0.262. The minimum absolute atomic E-state index is 0.526. The van der Waals surface area contributed by atoms with Crippen LogP contribution >= 0.6 is 0 Å². The van der Waals surface area contributed by atoms with Crippen LogP contribution in [-0.4, -0.2) is 0 Å². The van der Waals surface area contributed by atoms with Crippen molar-refractivity contribution in [2.75, 3.05) is 0 Å². The summed E-state index contributed by atoms with van der Waals surface area (Å²) in [6, 6.07) is 0. The van der Waals surface area contributed by atoms with Gasteiger partial charge in [-0.05, 0) is 95.7 Å². The van der Waals surface area contributed by atoms with Crippen LogP contribution < -0.4 is 0 Å². The van der Waals surface area contributed by atoms with Gasteiger partial charge < -0.3 is 0 Å². The summed E-state index contributed by atoms with van der Waals surface area (Å²) in [5, 5.41) is 0. The predicted octanol–water partition coefficient (Wildman–Crippen LogP) is 7.72. The number of hydrogen-bond acceptors (Lipinski definition) is 0. The summed E-state index contributed by atoms with van der Waals surface area (Å²) < 4.78 is 0. The van der Waals surface area contributed by atoms with Gasteiger partial charge >= 0.3 is 0 Å². The maximum Gasteiger partial charge on any atom is -0.0207 e. The molecule has 4 aliphatic rings. The molecule has 0 aromatic carbocycles. The van der Waals surface area contributed by atoms with Crippen LogP contribution in [-0.2, 0) is 0 Å². The van der Waals surface area contributed by atoms with E-state index < -0.39 is 0 Å². The van der Waals surface area contributed by atoms with E-state index in [1.165, 1.54) is 51.4 Å². The van der Waals surface area contributed by atoms with Crippen LogP contribution in [0.15, 0.2) is 0 Å². The highest BCUT2D eigenvalue weighted by Crippen LogP contribution is 2.80. The van der Waals surface area contributed by atoms with E-state index >= 15 is 0 Å². The minimum atomic E-state index is 0.526. The van der Waals surface area contributed by atoms with Crippen LogP contribution in [0.1, 0.15) is 107 Å². The van der Waals surface area contributed by atoms with Crippen LogP contribution in [0.3, 0.4) is 0 Å². The summed E-state index contributed by atoms with van der Waals surface area (Å²) in [6.45, 7) is 21.3. The molecule has 0 heteroatoms. The van der Waals surface area contributed by atoms with E-state index in [2.05, 4.69) is 55.4 Å². The SMILES string of the molecule is CC1CCC2(C)C(C)(CCC3C4(C)CCC(C)C4(C)CC(C)C32C)C1. The van der Waals surface area contributed by atoms with E-state index in [1.807, 2.05) is 0 Å². The summed E-state index contributed by atoms with van der Waals surface area (Å²) in [5.74, 6) is 3.65. The molecule has 0 aliphatic heterocycles. The van der Waals surface area contributed by atoms with Gasteiger partial charge in [-0.3, -0.25) is 0 Å².